The van der Waals surface area contributed by atoms with Gasteiger partial charge in [0, 0.05) is 25.5 Å². The first-order chi connectivity index (χ1) is 10.6. The van der Waals surface area contributed by atoms with Gasteiger partial charge in [-0.2, -0.15) is 5.10 Å². The Morgan fingerprint density at radius 2 is 2.18 bits per heavy atom. The van der Waals surface area contributed by atoms with Crippen LogP contribution in [-0.2, 0) is 4.79 Å². The summed E-state index contributed by atoms with van der Waals surface area (Å²) in [6.07, 6.45) is 7.79. The number of carbonyl (C=O) groups is 2. The van der Waals surface area contributed by atoms with Crippen LogP contribution in [0.25, 0.3) is 5.69 Å². The molecule has 0 saturated carbocycles. The van der Waals surface area contributed by atoms with Gasteiger partial charge in [-0.1, -0.05) is 0 Å². The molecule has 2 aromatic rings. The second-order valence-electron chi connectivity index (χ2n) is 5.31. The van der Waals surface area contributed by atoms with E-state index in [0.717, 1.165) is 5.69 Å². The van der Waals surface area contributed by atoms with Gasteiger partial charge in [0.05, 0.1) is 29.6 Å². The standard InChI is InChI=1S/C15H16N4O3/c20-14(18-6-2-3-11(9-18)15(21)22)12-7-17-19(10-12)13-4-1-5-16-8-13/h1,4-5,7-8,10-11H,2-3,6,9H2,(H,21,22). The summed E-state index contributed by atoms with van der Waals surface area (Å²) in [4.78, 5) is 29.2. The molecule has 0 bridgehead atoms. The summed E-state index contributed by atoms with van der Waals surface area (Å²) in [6, 6.07) is 3.64. The predicted molar refractivity (Wildman–Crippen MR) is 77.6 cm³/mol. The molecule has 1 N–H and O–H groups in total. The van der Waals surface area contributed by atoms with Crippen molar-refractivity contribution in [3.8, 4) is 5.69 Å². The van der Waals surface area contributed by atoms with E-state index in [4.69, 9.17) is 5.11 Å². The Balaban J connectivity index is 1.76. The maximum atomic E-state index is 12.5. The van der Waals surface area contributed by atoms with Gasteiger partial charge >= 0.3 is 5.97 Å². The molecule has 114 valence electrons. The van der Waals surface area contributed by atoms with E-state index >= 15 is 0 Å². The van der Waals surface area contributed by atoms with Crippen molar-refractivity contribution in [2.24, 2.45) is 5.92 Å². The quantitative estimate of drug-likeness (QED) is 0.920. The third kappa shape index (κ3) is 2.83. The molecular weight excluding hydrogens is 284 g/mol. The highest BCUT2D eigenvalue weighted by Crippen LogP contribution is 2.19. The number of pyridine rings is 1. The van der Waals surface area contributed by atoms with Crippen molar-refractivity contribution < 1.29 is 14.7 Å². The number of likely N-dealkylation sites (tertiary alicyclic amines) is 1. The van der Waals surface area contributed by atoms with Gasteiger partial charge in [-0.25, -0.2) is 4.68 Å². The number of amides is 1. The Morgan fingerprint density at radius 3 is 2.91 bits per heavy atom. The molecule has 1 aliphatic heterocycles. The Labute approximate surface area is 127 Å². The minimum Gasteiger partial charge on any atom is -0.481 e. The second-order valence-corrected chi connectivity index (χ2v) is 5.31. The van der Waals surface area contributed by atoms with Crippen molar-refractivity contribution in [2.45, 2.75) is 12.8 Å². The minimum atomic E-state index is -0.844. The number of nitrogens with zero attached hydrogens (tertiary/aromatic N) is 4. The van der Waals surface area contributed by atoms with Crippen molar-refractivity contribution in [3.05, 3.63) is 42.5 Å². The van der Waals surface area contributed by atoms with Crippen molar-refractivity contribution in [2.75, 3.05) is 13.1 Å². The maximum absolute atomic E-state index is 12.5. The number of aliphatic carboxylic acids is 1. The molecule has 3 rings (SSSR count). The monoisotopic (exact) mass is 300 g/mol. The molecule has 0 aliphatic carbocycles. The largest absolute Gasteiger partial charge is 0.481 e. The van der Waals surface area contributed by atoms with E-state index in [0.29, 0.717) is 24.9 Å². The Morgan fingerprint density at radius 1 is 1.32 bits per heavy atom. The Bertz CT molecular complexity index is 683. The molecule has 22 heavy (non-hydrogen) atoms. The molecule has 1 unspecified atom stereocenters. The number of hydrogen-bond donors (Lipinski definition) is 1. The predicted octanol–water partition coefficient (Wildman–Crippen LogP) is 1.20. The molecule has 1 atom stereocenters. The van der Waals surface area contributed by atoms with Gasteiger partial charge in [-0.15, -0.1) is 0 Å². The first kappa shape index (κ1) is 14.2. The zero-order valence-corrected chi connectivity index (χ0v) is 11.9. The molecule has 7 heteroatoms. The van der Waals surface area contributed by atoms with Gasteiger partial charge in [-0.05, 0) is 25.0 Å². The Hall–Kier alpha value is -2.70. The van der Waals surface area contributed by atoms with Crippen molar-refractivity contribution in [1.82, 2.24) is 19.7 Å². The van der Waals surface area contributed by atoms with E-state index in [1.807, 2.05) is 6.07 Å². The molecule has 1 aliphatic rings. The average molecular weight is 300 g/mol. The summed E-state index contributed by atoms with van der Waals surface area (Å²) in [6.45, 7) is 0.840. The number of aromatic nitrogens is 3. The third-order valence-electron chi connectivity index (χ3n) is 3.80. The van der Waals surface area contributed by atoms with Gasteiger partial charge in [0.2, 0.25) is 0 Å². The molecule has 0 aromatic carbocycles. The molecule has 0 radical (unpaired) electrons. The lowest BCUT2D eigenvalue weighted by atomic mass is 9.98. The zero-order valence-electron chi connectivity index (χ0n) is 11.9. The summed E-state index contributed by atoms with van der Waals surface area (Å²) < 4.78 is 1.58. The number of hydrogen-bond acceptors (Lipinski definition) is 4. The smallest absolute Gasteiger partial charge is 0.308 e. The number of rotatable bonds is 3. The normalized spacial score (nSPS) is 18.2. The molecule has 1 amide bonds. The fraction of sp³-hybridized carbons (Fsp3) is 0.333. The summed E-state index contributed by atoms with van der Waals surface area (Å²) in [5.74, 6) is -1.50. The van der Waals surface area contributed by atoms with Crippen molar-refractivity contribution in [3.63, 3.8) is 0 Å². The lowest BCUT2D eigenvalue weighted by Crippen LogP contribution is -2.42. The molecular formula is C15H16N4O3. The van der Waals surface area contributed by atoms with Gasteiger partial charge in [0.15, 0.2) is 0 Å². The van der Waals surface area contributed by atoms with Crippen LogP contribution in [-0.4, -0.2) is 49.7 Å². The zero-order chi connectivity index (χ0) is 15.5. The van der Waals surface area contributed by atoms with Crippen LogP contribution in [0.5, 0.6) is 0 Å². The first-order valence-electron chi connectivity index (χ1n) is 7.12. The fourth-order valence-electron chi connectivity index (χ4n) is 2.61. The molecule has 3 heterocycles. The first-order valence-corrected chi connectivity index (χ1v) is 7.12. The van der Waals surface area contributed by atoms with E-state index in [1.165, 1.54) is 6.20 Å². The number of carboxylic acids is 1. The van der Waals surface area contributed by atoms with E-state index in [2.05, 4.69) is 10.1 Å². The molecule has 7 nitrogen and oxygen atoms in total. The highest BCUT2D eigenvalue weighted by atomic mass is 16.4. The molecule has 1 saturated heterocycles. The minimum absolute atomic E-state index is 0.180. The van der Waals surface area contributed by atoms with E-state index in [1.54, 1.807) is 34.2 Å². The van der Waals surface area contributed by atoms with Crippen LogP contribution < -0.4 is 0 Å². The topological polar surface area (TPSA) is 88.3 Å². The second kappa shape index (κ2) is 5.97. The van der Waals surface area contributed by atoms with E-state index in [-0.39, 0.29) is 12.5 Å². The van der Waals surface area contributed by atoms with Crippen LogP contribution >= 0.6 is 0 Å². The fourth-order valence-corrected chi connectivity index (χ4v) is 2.61. The van der Waals surface area contributed by atoms with Gasteiger partial charge < -0.3 is 10.0 Å². The average Bonchev–Trinajstić information content (AvgIpc) is 3.05. The van der Waals surface area contributed by atoms with Crippen molar-refractivity contribution >= 4 is 11.9 Å². The van der Waals surface area contributed by atoms with Crippen LogP contribution in [0.1, 0.15) is 23.2 Å². The summed E-state index contributed by atoms with van der Waals surface area (Å²) in [5, 5.41) is 13.3. The van der Waals surface area contributed by atoms with E-state index < -0.39 is 11.9 Å². The van der Waals surface area contributed by atoms with Crippen molar-refractivity contribution in [1.29, 1.82) is 0 Å². The van der Waals surface area contributed by atoms with Crippen LogP contribution in [0.15, 0.2) is 36.9 Å². The summed E-state index contributed by atoms with van der Waals surface area (Å²) >= 11 is 0. The summed E-state index contributed by atoms with van der Waals surface area (Å²) in [5.41, 5.74) is 1.22. The van der Waals surface area contributed by atoms with Gasteiger partial charge in [0.25, 0.3) is 5.91 Å². The molecule has 0 spiro atoms. The maximum Gasteiger partial charge on any atom is 0.308 e. The van der Waals surface area contributed by atoms with Gasteiger partial charge in [0.1, 0.15) is 0 Å². The summed E-state index contributed by atoms with van der Waals surface area (Å²) in [7, 11) is 0. The third-order valence-corrected chi connectivity index (χ3v) is 3.80. The molecule has 1 fully saturated rings. The number of carboxylic acid groups (broad SMARTS) is 1. The lowest BCUT2D eigenvalue weighted by Gasteiger charge is -2.30. The van der Waals surface area contributed by atoms with Crippen LogP contribution in [0.3, 0.4) is 0 Å². The van der Waals surface area contributed by atoms with Crippen LogP contribution in [0.2, 0.25) is 0 Å². The highest BCUT2D eigenvalue weighted by Gasteiger charge is 2.29. The highest BCUT2D eigenvalue weighted by molar-refractivity contribution is 5.94. The molecule has 2 aromatic heterocycles. The lowest BCUT2D eigenvalue weighted by molar-refractivity contribution is -0.143. The van der Waals surface area contributed by atoms with E-state index in [9.17, 15) is 9.59 Å². The van der Waals surface area contributed by atoms with Gasteiger partial charge in [-0.3, -0.25) is 14.6 Å². The van der Waals surface area contributed by atoms with Crippen LogP contribution in [0, 0.1) is 5.92 Å². The number of piperidine rings is 1. The van der Waals surface area contributed by atoms with Crippen LogP contribution in [0.4, 0.5) is 0 Å². The number of carbonyl (C=O) groups excluding carboxylic acids is 1. The SMILES string of the molecule is O=C(O)C1CCCN(C(=O)c2cnn(-c3cccnc3)c2)C1. The Kier molecular flexibility index (Phi) is 3.86.